The summed E-state index contributed by atoms with van der Waals surface area (Å²) in [5.41, 5.74) is 0. The molecule has 1 aliphatic rings. The molecule has 0 atom stereocenters. The smallest absolute Gasteiger partial charge is 0.240 e. The second-order valence-corrected chi connectivity index (χ2v) is 8.34. The van der Waals surface area contributed by atoms with E-state index in [1.807, 2.05) is 0 Å². The van der Waals surface area contributed by atoms with Crippen molar-refractivity contribution < 1.29 is 13.2 Å². The monoisotopic (exact) mass is 411 g/mol. The maximum absolute atomic E-state index is 12.4. The first-order valence-electron chi connectivity index (χ1n) is 7.73. The Morgan fingerprint density at radius 2 is 1.79 bits per heavy atom. The van der Waals surface area contributed by atoms with E-state index < -0.39 is 10.0 Å². The lowest BCUT2D eigenvalue weighted by molar-refractivity contribution is 0.138. The lowest BCUT2D eigenvalue weighted by Gasteiger charge is -2.28. The fourth-order valence-electron chi connectivity index (χ4n) is 2.72. The van der Waals surface area contributed by atoms with Crippen LogP contribution >= 0.6 is 15.9 Å². The van der Waals surface area contributed by atoms with Crippen LogP contribution in [0.25, 0.3) is 0 Å². The summed E-state index contributed by atoms with van der Waals surface area (Å²) in [6.45, 7) is 0. The summed E-state index contributed by atoms with van der Waals surface area (Å²) in [5.74, 6) is 0.511. The highest BCUT2D eigenvalue weighted by Crippen LogP contribution is 2.24. The summed E-state index contributed by atoms with van der Waals surface area (Å²) in [6.07, 6.45) is 7.86. The van der Waals surface area contributed by atoms with Gasteiger partial charge in [0.2, 0.25) is 15.9 Å². The van der Waals surface area contributed by atoms with Crippen molar-refractivity contribution in [2.45, 2.75) is 42.7 Å². The molecule has 0 spiro atoms. The van der Waals surface area contributed by atoms with Gasteiger partial charge in [0.05, 0.1) is 11.1 Å². The Labute approximate surface area is 149 Å². The molecule has 0 amide bonds. The Hall–Kier alpha value is -1.51. The zero-order valence-corrected chi connectivity index (χ0v) is 15.3. The molecule has 3 rings (SSSR count). The van der Waals surface area contributed by atoms with E-state index in [1.165, 1.54) is 0 Å². The van der Waals surface area contributed by atoms with E-state index in [4.69, 9.17) is 4.74 Å². The molecule has 0 saturated heterocycles. The van der Waals surface area contributed by atoms with Crippen molar-refractivity contribution in [3.63, 3.8) is 0 Å². The zero-order valence-electron chi connectivity index (χ0n) is 12.9. The molecule has 0 bridgehead atoms. The second-order valence-electron chi connectivity index (χ2n) is 5.71. The molecule has 1 fully saturated rings. The van der Waals surface area contributed by atoms with Crippen molar-refractivity contribution in [2.24, 2.45) is 0 Å². The molecular formula is C16H18BrN3O3S. The Morgan fingerprint density at radius 1 is 1.08 bits per heavy atom. The van der Waals surface area contributed by atoms with Crippen LogP contribution < -0.4 is 9.46 Å². The van der Waals surface area contributed by atoms with Gasteiger partial charge in [-0.25, -0.2) is 18.1 Å². The molecule has 24 heavy (non-hydrogen) atoms. The first kappa shape index (κ1) is 17.3. The minimum atomic E-state index is -3.49. The van der Waals surface area contributed by atoms with Crippen LogP contribution in [0, 0.1) is 0 Å². The van der Waals surface area contributed by atoms with E-state index in [0.29, 0.717) is 5.88 Å². The van der Waals surface area contributed by atoms with E-state index in [0.717, 1.165) is 30.2 Å². The third-order valence-electron chi connectivity index (χ3n) is 3.95. The molecule has 6 nitrogen and oxygen atoms in total. The maximum atomic E-state index is 12.4. The van der Waals surface area contributed by atoms with Gasteiger partial charge < -0.3 is 4.74 Å². The summed E-state index contributed by atoms with van der Waals surface area (Å²) >= 11 is 3.31. The molecule has 0 aliphatic heterocycles. The number of halogens is 1. The van der Waals surface area contributed by atoms with Gasteiger partial charge in [-0.1, -0.05) is 15.9 Å². The van der Waals surface area contributed by atoms with Crippen molar-refractivity contribution in [1.82, 2.24) is 14.7 Å². The van der Waals surface area contributed by atoms with Gasteiger partial charge in [-0.3, -0.25) is 4.98 Å². The first-order valence-corrected chi connectivity index (χ1v) is 10.0. The van der Waals surface area contributed by atoms with Crippen molar-refractivity contribution in [2.75, 3.05) is 0 Å². The third kappa shape index (κ3) is 4.52. The highest BCUT2D eigenvalue weighted by atomic mass is 79.9. The van der Waals surface area contributed by atoms with E-state index >= 15 is 0 Å². The van der Waals surface area contributed by atoms with Crippen LogP contribution in [0.15, 0.2) is 52.2 Å². The van der Waals surface area contributed by atoms with Crippen molar-refractivity contribution >= 4 is 26.0 Å². The average Bonchev–Trinajstić information content (AvgIpc) is 2.58. The summed E-state index contributed by atoms with van der Waals surface area (Å²) in [5, 5.41) is 0. The lowest BCUT2D eigenvalue weighted by Crippen LogP contribution is -2.39. The maximum Gasteiger partial charge on any atom is 0.240 e. The molecule has 1 heterocycles. The van der Waals surface area contributed by atoms with Crippen LogP contribution in [0.1, 0.15) is 25.7 Å². The van der Waals surface area contributed by atoms with E-state index in [-0.39, 0.29) is 17.0 Å². The summed E-state index contributed by atoms with van der Waals surface area (Å²) < 4.78 is 34.2. The number of aromatic nitrogens is 2. The van der Waals surface area contributed by atoms with Gasteiger partial charge in [0.1, 0.15) is 6.10 Å². The summed E-state index contributed by atoms with van der Waals surface area (Å²) in [6, 6.07) is 6.56. The van der Waals surface area contributed by atoms with Gasteiger partial charge in [-0.15, -0.1) is 0 Å². The molecule has 2 aromatic rings. The Kier molecular flexibility index (Phi) is 5.47. The van der Waals surface area contributed by atoms with Crippen LogP contribution in [0.5, 0.6) is 5.88 Å². The van der Waals surface area contributed by atoms with Crippen molar-refractivity contribution in [3.8, 4) is 5.88 Å². The molecule has 0 radical (unpaired) electrons. The summed E-state index contributed by atoms with van der Waals surface area (Å²) in [4.78, 5) is 8.35. The molecule has 0 unspecified atom stereocenters. The van der Waals surface area contributed by atoms with Crippen molar-refractivity contribution in [3.05, 3.63) is 47.3 Å². The van der Waals surface area contributed by atoms with Gasteiger partial charge in [0.25, 0.3) is 0 Å². The van der Waals surface area contributed by atoms with Crippen LogP contribution in [-0.4, -0.2) is 30.5 Å². The lowest BCUT2D eigenvalue weighted by atomic mass is 9.94. The fraction of sp³-hybridized carbons (Fsp3) is 0.375. The fourth-order valence-corrected chi connectivity index (χ4v) is 4.29. The standard InChI is InChI=1S/C16H18BrN3O3S/c17-12-1-7-15(8-2-12)24(21,22)20-13-3-5-14(6-4-13)23-16-11-18-9-10-19-16/h1-2,7-11,13-14,20H,3-6H2. The van der Waals surface area contributed by atoms with E-state index in [2.05, 4.69) is 30.6 Å². The van der Waals surface area contributed by atoms with Gasteiger partial charge in [-0.2, -0.15) is 0 Å². The largest absolute Gasteiger partial charge is 0.473 e. The van der Waals surface area contributed by atoms with E-state index in [9.17, 15) is 8.42 Å². The van der Waals surface area contributed by atoms with Crippen molar-refractivity contribution in [1.29, 1.82) is 0 Å². The number of rotatable bonds is 5. The Morgan fingerprint density at radius 3 is 2.42 bits per heavy atom. The van der Waals surface area contributed by atoms with Gasteiger partial charge in [0, 0.05) is 22.9 Å². The van der Waals surface area contributed by atoms with E-state index in [1.54, 1.807) is 42.9 Å². The molecule has 1 aromatic carbocycles. The molecule has 8 heteroatoms. The number of sulfonamides is 1. The normalized spacial score (nSPS) is 21.4. The number of benzene rings is 1. The van der Waals surface area contributed by atoms with Crippen LogP contribution in [0.3, 0.4) is 0 Å². The number of ether oxygens (including phenoxy) is 1. The minimum absolute atomic E-state index is 0.0511. The zero-order chi connectivity index (χ0) is 17.0. The molecular weight excluding hydrogens is 394 g/mol. The van der Waals surface area contributed by atoms with Crippen LogP contribution in [-0.2, 0) is 10.0 Å². The highest BCUT2D eigenvalue weighted by Gasteiger charge is 2.26. The van der Waals surface area contributed by atoms with Gasteiger partial charge in [-0.05, 0) is 49.9 Å². The second kappa shape index (κ2) is 7.58. The molecule has 1 N–H and O–H groups in total. The predicted octanol–water partition coefficient (Wildman–Crippen LogP) is 2.91. The summed E-state index contributed by atoms with van der Waals surface area (Å²) in [7, 11) is -3.49. The third-order valence-corrected chi connectivity index (χ3v) is 6.01. The van der Waals surface area contributed by atoms with Crippen LogP contribution in [0.4, 0.5) is 0 Å². The number of hydrogen-bond acceptors (Lipinski definition) is 5. The highest BCUT2D eigenvalue weighted by molar-refractivity contribution is 9.10. The Bertz CT molecular complexity index is 761. The van der Waals surface area contributed by atoms with Gasteiger partial charge in [0.15, 0.2) is 0 Å². The average molecular weight is 412 g/mol. The number of hydrogen-bond donors (Lipinski definition) is 1. The number of nitrogens with zero attached hydrogens (tertiary/aromatic N) is 2. The van der Waals surface area contributed by atoms with Crippen LogP contribution in [0.2, 0.25) is 0 Å². The molecule has 1 saturated carbocycles. The predicted molar refractivity (Wildman–Crippen MR) is 93.2 cm³/mol. The molecule has 128 valence electrons. The SMILES string of the molecule is O=S(=O)(NC1CCC(Oc2cnccn2)CC1)c1ccc(Br)cc1. The number of nitrogens with one attached hydrogen (secondary N) is 1. The molecule has 1 aromatic heterocycles. The first-order chi connectivity index (χ1) is 11.5. The Balaban J connectivity index is 1.54. The minimum Gasteiger partial charge on any atom is -0.473 e. The van der Waals surface area contributed by atoms with Gasteiger partial charge >= 0.3 is 0 Å². The topological polar surface area (TPSA) is 81.2 Å². The molecule has 1 aliphatic carbocycles. The quantitative estimate of drug-likeness (QED) is 0.817.